The van der Waals surface area contributed by atoms with Gasteiger partial charge in [-0.05, 0) is 19.3 Å². The highest BCUT2D eigenvalue weighted by Crippen LogP contribution is 2.24. The Morgan fingerprint density at radius 2 is 2.06 bits per heavy atom. The van der Waals surface area contributed by atoms with Crippen molar-refractivity contribution in [2.45, 2.75) is 58.9 Å². The molecule has 3 nitrogen and oxygen atoms in total. The Labute approximate surface area is 116 Å². The van der Waals surface area contributed by atoms with E-state index in [0.29, 0.717) is 5.92 Å². The van der Waals surface area contributed by atoms with Crippen molar-refractivity contribution in [3.05, 3.63) is 16.4 Å². The molecule has 2 N–H and O–H groups in total. The monoisotopic (exact) mass is 271 g/mol. The summed E-state index contributed by atoms with van der Waals surface area (Å²) in [5, 5.41) is 5.12. The van der Waals surface area contributed by atoms with Gasteiger partial charge in [0.15, 0.2) is 0 Å². The summed E-state index contributed by atoms with van der Waals surface area (Å²) < 4.78 is 1.87. The average Bonchev–Trinajstić information content (AvgIpc) is 2.57. The van der Waals surface area contributed by atoms with Gasteiger partial charge in [0.25, 0.3) is 0 Å². The summed E-state index contributed by atoms with van der Waals surface area (Å²) in [6.45, 7) is 6.38. The number of aryl methyl sites for hydroxylation is 2. The highest BCUT2D eigenvalue weighted by Gasteiger charge is 2.20. The molecule has 104 valence electrons. The van der Waals surface area contributed by atoms with E-state index >= 15 is 0 Å². The fraction of sp³-hybridized carbons (Fsp3) is 0.786. The summed E-state index contributed by atoms with van der Waals surface area (Å²) >= 11 is 6.27. The Kier molecular flexibility index (Phi) is 6.16. The summed E-state index contributed by atoms with van der Waals surface area (Å²) in [6, 6.07) is 0.175. The largest absolute Gasteiger partial charge is 0.327 e. The fourth-order valence-corrected chi connectivity index (χ4v) is 2.72. The minimum Gasteiger partial charge on any atom is -0.327 e. The molecule has 18 heavy (non-hydrogen) atoms. The minimum atomic E-state index is 0.175. The fourth-order valence-electron chi connectivity index (χ4n) is 2.48. The highest BCUT2D eigenvalue weighted by atomic mass is 35.5. The Bertz CT molecular complexity index is 373. The maximum atomic E-state index is 6.35. The van der Waals surface area contributed by atoms with E-state index in [1.807, 2.05) is 18.7 Å². The number of nitrogens with two attached hydrogens (primary N) is 1. The van der Waals surface area contributed by atoms with E-state index in [0.717, 1.165) is 29.3 Å². The quantitative estimate of drug-likeness (QED) is 0.825. The van der Waals surface area contributed by atoms with Gasteiger partial charge in [0.1, 0.15) is 0 Å². The van der Waals surface area contributed by atoms with Crippen molar-refractivity contribution in [3.63, 3.8) is 0 Å². The van der Waals surface area contributed by atoms with Gasteiger partial charge in [-0.15, -0.1) is 0 Å². The van der Waals surface area contributed by atoms with Crippen molar-refractivity contribution >= 4 is 11.6 Å². The summed E-state index contributed by atoms with van der Waals surface area (Å²) in [7, 11) is 1.94. The first-order valence-electron chi connectivity index (χ1n) is 6.94. The van der Waals surface area contributed by atoms with Crippen LogP contribution in [0.1, 0.15) is 50.9 Å². The third kappa shape index (κ3) is 3.72. The first kappa shape index (κ1) is 15.5. The van der Waals surface area contributed by atoms with E-state index in [9.17, 15) is 0 Å². The molecule has 1 rings (SSSR count). The molecule has 0 spiro atoms. The Balaban J connectivity index is 2.70. The predicted molar refractivity (Wildman–Crippen MR) is 77.9 cm³/mol. The van der Waals surface area contributed by atoms with Crippen LogP contribution in [0.3, 0.4) is 0 Å². The van der Waals surface area contributed by atoms with Gasteiger partial charge in [-0.25, -0.2) is 0 Å². The Morgan fingerprint density at radius 3 is 2.50 bits per heavy atom. The Hall–Kier alpha value is -0.540. The molecule has 2 atom stereocenters. The lowest BCUT2D eigenvalue weighted by atomic mass is 9.89. The van der Waals surface area contributed by atoms with E-state index in [2.05, 4.69) is 18.9 Å². The van der Waals surface area contributed by atoms with Gasteiger partial charge in [-0.1, -0.05) is 44.7 Å². The Morgan fingerprint density at radius 1 is 1.39 bits per heavy atom. The molecule has 1 aromatic rings. The summed E-state index contributed by atoms with van der Waals surface area (Å²) in [5.74, 6) is 0.580. The van der Waals surface area contributed by atoms with Crippen molar-refractivity contribution in [2.75, 3.05) is 0 Å². The van der Waals surface area contributed by atoms with Crippen LogP contribution in [-0.4, -0.2) is 15.8 Å². The lowest BCUT2D eigenvalue weighted by molar-refractivity contribution is 0.364. The predicted octanol–water partition coefficient (Wildman–Crippen LogP) is 3.47. The zero-order chi connectivity index (χ0) is 13.7. The van der Waals surface area contributed by atoms with Gasteiger partial charge in [0.2, 0.25) is 0 Å². The number of halogens is 1. The molecule has 0 saturated carbocycles. The second kappa shape index (κ2) is 7.15. The number of unbranched alkanes of at least 4 members (excludes halogenated alkanes) is 1. The topological polar surface area (TPSA) is 43.8 Å². The summed E-state index contributed by atoms with van der Waals surface area (Å²) in [5.41, 5.74) is 8.31. The molecule has 0 amide bonds. The zero-order valence-electron chi connectivity index (χ0n) is 12.0. The smallest absolute Gasteiger partial charge is 0.0847 e. The molecule has 0 radical (unpaired) electrons. The number of aromatic nitrogens is 2. The zero-order valence-corrected chi connectivity index (χ0v) is 12.8. The minimum absolute atomic E-state index is 0.175. The lowest BCUT2D eigenvalue weighted by Crippen LogP contribution is -2.32. The molecule has 0 aromatic carbocycles. The van der Waals surface area contributed by atoms with Crippen molar-refractivity contribution in [2.24, 2.45) is 18.7 Å². The summed E-state index contributed by atoms with van der Waals surface area (Å²) in [4.78, 5) is 0. The van der Waals surface area contributed by atoms with Crippen molar-refractivity contribution in [1.29, 1.82) is 0 Å². The molecule has 0 fully saturated rings. The van der Waals surface area contributed by atoms with Crippen LogP contribution in [0.5, 0.6) is 0 Å². The molecule has 2 unspecified atom stereocenters. The number of hydrogen-bond donors (Lipinski definition) is 1. The van der Waals surface area contributed by atoms with Crippen LogP contribution in [0.2, 0.25) is 5.02 Å². The average molecular weight is 272 g/mol. The van der Waals surface area contributed by atoms with Crippen molar-refractivity contribution in [3.8, 4) is 0 Å². The molecular weight excluding hydrogens is 246 g/mol. The van der Waals surface area contributed by atoms with Crippen LogP contribution in [0.25, 0.3) is 0 Å². The van der Waals surface area contributed by atoms with E-state index in [4.69, 9.17) is 17.3 Å². The maximum Gasteiger partial charge on any atom is 0.0847 e. The molecule has 1 aromatic heterocycles. The lowest BCUT2D eigenvalue weighted by Gasteiger charge is -2.22. The third-order valence-electron chi connectivity index (χ3n) is 3.75. The van der Waals surface area contributed by atoms with Gasteiger partial charge in [-0.2, -0.15) is 5.10 Å². The van der Waals surface area contributed by atoms with E-state index in [-0.39, 0.29) is 6.04 Å². The number of nitrogens with zero attached hydrogens (tertiary/aromatic N) is 2. The number of hydrogen-bond acceptors (Lipinski definition) is 2. The van der Waals surface area contributed by atoms with Crippen LogP contribution >= 0.6 is 11.6 Å². The van der Waals surface area contributed by atoms with Crippen LogP contribution in [0.4, 0.5) is 0 Å². The van der Waals surface area contributed by atoms with Crippen LogP contribution in [0, 0.1) is 12.8 Å². The molecule has 0 aliphatic heterocycles. The molecule has 1 heterocycles. The molecule has 0 bridgehead atoms. The van der Waals surface area contributed by atoms with E-state index in [1.165, 1.54) is 19.3 Å². The third-order valence-corrected chi connectivity index (χ3v) is 4.24. The van der Waals surface area contributed by atoms with Gasteiger partial charge in [0.05, 0.1) is 16.4 Å². The van der Waals surface area contributed by atoms with Crippen LogP contribution in [0.15, 0.2) is 0 Å². The highest BCUT2D eigenvalue weighted by molar-refractivity contribution is 6.31. The van der Waals surface area contributed by atoms with E-state index in [1.54, 1.807) is 0 Å². The first-order valence-corrected chi connectivity index (χ1v) is 7.32. The van der Waals surface area contributed by atoms with Crippen LogP contribution < -0.4 is 5.73 Å². The second-order valence-corrected chi connectivity index (χ2v) is 5.53. The molecular formula is C14H26ClN3. The molecule has 0 aliphatic carbocycles. The van der Waals surface area contributed by atoms with Gasteiger partial charge >= 0.3 is 0 Å². The van der Waals surface area contributed by atoms with Crippen molar-refractivity contribution < 1.29 is 0 Å². The first-order chi connectivity index (χ1) is 8.51. The molecule has 4 heteroatoms. The van der Waals surface area contributed by atoms with Gasteiger partial charge in [0, 0.05) is 19.5 Å². The van der Waals surface area contributed by atoms with Crippen LogP contribution in [-0.2, 0) is 13.5 Å². The van der Waals surface area contributed by atoms with Crippen molar-refractivity contribution in [1.82, 2.24) is 9.78 Å². The summed E-state index contributed by atoms with van der Waals surface area (Å²) in [6.07, 6.45) is 5.65. The van der Waals surface area contributed by atoms with E-state index < -0.39 is 0 Å². The van der Waals surface area contributed by atoms with Gasteiger partial charge in [-0.3, -0.25) is 4.68 Å². The second-order valence-electron chi connectivity index (χ2n) is 5.15. The number of rotatable bonds is 7. The normalized spacial score (nSPS) is 14.8. The molecule has 0 aliphatic rings. The molecule has 0 saturated heterocycles. The SMILES string of the molecule is CCCCC(CC)C(N)Cc1c(Cl)c(C)nn1C. The van der Waals surface area contributed by atoms with Gasteiger partial charge < -0.3 is 5.73 Å². The maximum absolute atomic E-state index is 6.35. The standard InChI is InChI=1S/C14H26ClN3/c1-5-7-8-11(6-2)12(16)9-13-14(15)10(3)17-18(13)4/h11-12H,5-9,16H2,1-4H3.